The molecule has 136 valence electrons. The summed E-state index contributed by atoms with van der Waals surface area (Å²) in [7, 11) is 0. The third-order valence-electron chi connectivity index (χ3n) is 4.35. The lowest BCUT2D eigenvalue weighted by Gasteiger charge is -2.15. The van der Waals surface area contributed by atoms with Crippen molar-refractivity contribution in [3.05, 3.63) is 74.9 Å². The summed E-state index contributed by atoms with van der Waals surface area (Å²) in [6.07, 6.45) is 1.73. The molecule has 0 fully saturated rings. The molecule has 0 aliphatic rings. The Kier molecular flexibility index (Phi) is 5.59. The van der Waals surface area contributed by atoms with Gasteiger partial charge in [-0.15, -0.1) is 0 Å². The van der Waals surface area contributed by atoms with E-state index in [1.54, 1.807) is 6.20 Å². The summed E-state index contributed by atoms with van der Waals surface area (Å²) in [5.74, 6) is 0. The Balaban J connectivity index is 1.69. The molecule has 5 nitrogen and oxygen atoms in total. The molecule has 0 bridgehead atoms. The Morgan fingerprint density at radius 3 is 2.58 bits per heavy atom. The molecule has 0 saturated carbocycles. The van der Waals surface area contributed by atoms with E-state index in [0.717, 1.165) is 29.1 Å². The van der Waals surface area contributed by atoms with E-state index in [1.165, 1.54) is 0 Å². The molecule has 2 aromatic heterocycles. The highest BCUT2D eigenvalue weighted by molar-refractivity contribution is 6.30. The highest BCUT2D eigenvalue weighted by atomic mass is 35.5. The molecule has 0 spiro atoms. The van der Waals surface area contributed by atoms with Gasteiger partial charge in [-0.2, -0.15) is 5.10 Å². The molecule has 2 heterocycles. The SMILES string of the molecule is Cc1cc(C)n(CC(C)NCc2cc(-c3ccc(Cl)cc3)c[nH]c2=O)n1. The molecule has 1 unspecified atom stereocenters. The molecule has 2 N–H and O–H groups in total. The summed E-state index contributed by atoms with van der Waals surface area (Å²) in [6.45, 7) is 7.38. The molecular weight excluding hydrogens is 348 g/mol. The quantitative estimate of drug-likeness (QED) is 0.695. The number of aryl methyl sites for hydroxylation is 2. The van der Waals surface area contributed by atoms with E-state index in [4.69, 9.17) is 11.6 Å². The first-order chi connectivity index (χ1) is 12.4. The minimum absolute atomic E-state index is 0.0754. The average molecular weight is 371 g/mol. The molecule has 1 aromatic carbocycles. The number of benzene rings is 1. The van der Waals surface area contributed by atoms with Gasteiger partial charge in [0.25, 0.3) is 5.56 Å². The van der Waals surface area contributed by atoms with Crippen molar-refractivity contribution in [1.82, 2.24) is 20.1 Å². The second kappa shape index (κ2) is 7.89. The van der Waals surface area contributed by atoms with Gasteiger partial charge in [-0.1, -0.05) is 23.7 Å². The monoisotopic (exact) mass is 370 g/mol. The van der Waals surface area contributed by atoms with Crippen molar-refractivity contribution < 1.29 is 0 Å². The van der Waals surface area contributed by atoms with E-state index in [9.17, 15) is 4.79 Å². The molecule has 1 atom stereocenters. The van der Waals surface area contributed by atoms with Crippen molar-refractivity contribution in [2.75, 3.05) is 0 Å². The minimum atomic E-state index is -0.0754. The molecule has 0 aliphatic carbocycles. The van der Waals surface area contributed by atoms with Gasteiger partial charge in [-0.05, 0) is 56.2 Å². The van der Waals surface area contributed by atoms with Gasteiger partial charge in [0.05, 0.1) is 12.2 Å². The maximum atomic E-state index is 12.2. The van der Waals surface area contributed by atoms with Gasteiger partial charge in [0, 0.05) is 35.1 Å². The number of pyridine rings is 1. The van der Waals surface area contributed by atoms with Crippen LogP contribution in [0.1, 0.15) is 23.9 Å². The summed E-state index contributed by atoms with van der Waals surface area (Å²) in [5.41, 5.74) is 4.76. The van der Waals surface area contributed by atoms with E-state index in [-0.39, 0.29) is 11.6 Å². The lowest BCUT2D eigenvalue weighted by Crippen LogP contribution is -2.32. The predicted octanol–water partition coefficient (Wildman–Crippen LogP) is 3.69. The first-order valence-electron chi connectivity index (χ1n) is 8.64. The number of aromatic amines is 1. The molecule has 3 aromatic rings. The third kappa shape index (κ3) is 4.42. The van der Waals surface area contributed by atoms with Crippen molar-refractivity contribution in [3.8, 4) is 11.1 Å². The zero-order valence-electron chi connectivity index (χ0n) is 15.2. The van der Waals surface area contributed by atoms with E-state index in [2.05, 4.69) is 28.4 Å². The summed E-state index contributed by atoms with van der Waals surface area (Å²) in [4.78, 5) is 15.0. The highest BCUT2D eigenvalue weighted by Crippen LogP contribution is 2.20. The molecule has 0 amide bonds. The van der Waals surface area contributed by atoms with Gasteiger partial charge in [-0.25, -0.2) is 0 Å². The Labute approximate surface area is 158 Å². The van der Waals surface area contributed by atoms with Crippen molar-refractivity contribution >= 4 is 11.6 Å². The minimum Gasteiger partial charge on any atom is -0.328 e. The number of halogens is 1. The van der Waals surface area contributed by atoms with Crippen molar-refractivity contribution in [3.63, 3.8) is 0 Å². The standard InChI is InChI=1S/C20H23ClN4O/c1-13-8-15(3)25(24-13)12-14(2)22-11-18-9-17(10-23-20(18)26)16-4-6-19(21)7-5-16/h4-10,14,22H,11-12H2,1-3H3,(H,23,26). The first-order valence-corrected chi connectivity index (χ1v) is 9.02. The summed E-state index contributed by atoms with van der Waals surface area (Å²) < 4.78 is 1.99. The van der Waals surface area contributed by atoms with Gasteiger partial charge in [-0.3, -0.25) is 9.48 Å². The zero-order valence-corrected chi connectivity index (χ0v) is 16.0. The van der Waals surface area contributed by atoms with Gasteiger partial charge < -0.3 is 10.3 Å². The largest absolute Gasteiger partial charge is 0.328 e. The second-order valence-corrected chi connectivity index (χ2v) is 7.08. The summed E-state index contributed by atoms with van der Waals surface area (Å²) >= 11 is 5.94. The van der Waals surface area contributed by atoms with E-state index < -0.39 is 0 Å². The number of hydrogen-bond donors (Lipinski definition) is 2. The van der Waals surface area contributed by atoms with Gasteiger partial charge >= 0.3 is 0 Å². The van der Waals surface area contributed by atoms with E-state index in [1.807, 2.05) is 48.9 Å². The topological polar surface area (TPSA) is 62.7 Å². The number of rotatable bonds is 6. The Morgan fingerprint density at radius 2 is 1.92 bits per heavy atom. The van der Waals surface area contributed by atoms with Crippen LogP contribution in [-0.2, 0) is 13.1 Å². The van der Waals surface area contributed by atoms with Crippen LogP contribution >= 0.6 is 11.6 Å². The van der Waals surface area contributed by atoms with Crippen LogP contribution in [0.4, 0.5) is 0 Å². The zero-order chi connectivity index (χ0) is 18.7. The van der Waals surface area contributed by atoms with Crippen LogP contribution in [-0.4, -0.2) is 20.8 Å². The van der Waals surface area contributed by atoms with Crippen molar-refractivity contribution in [2.24, 2.45) is 0 Å². The molecule has 26 heavy (non-hydrogen) atoms. The third-order valence-corrected chi connectivity index (χ3v) is 4.60. The molecule has 0 aliphatic heterocycles. The smallest absolute Gasteiger partial charge is 0.252 e. The maximum absolute atomic E-state index is 12.2. The molecule has 0 saturated heterocycles. The van der Waals surface area contributed by atoms with Crippen LogP contribution in [0.15, 0.2) is 47.4 Å². The van der Waals surface area contributed by atoms with Crippen LogP contribution < -0.4 is 10.9 Å². The average Bonchev–Trinajstić information content (AvgIpc) is 2.92. The highest BCUT2D eigenvalue weighted by Gasteiger charge is 2.09. The Morgan fingerprint density at radius 1 is 1.19 bits per heavy atom. The van der Waals surface area contributed by atoms with E-state index in [0.29, 0.717) is 17.1 Å². The fourth-order valence-corrected chi connectivity index (χ4v) is 3.07. The molecule has 6 heteroatoms. The van der Waals surface area contributed by atoms with Gasteiger partial charge in [0.15, 0.2) is 0 Å². The molecule has 3 rings (SSSR count). The van der Waals surface area contributed by atoms with Crippen LogP contribution in [0.3, 0.4) is 0 Å². The number of H-pyrrole nitrogens is 1. The fourth-order valence-electron chi connectivity index (χ4n) is 2.94. The lowest BCUT2D eigenvalue weighted by atomic mass is 10.1. The van der Waals surface area contributed by atoms with Crippen molar-refractivity contribution in [2.45, 2.75) is 39.9 Å². The van der Waals surface area contributed by atoms with Gasteiger partial charge in [0.2, 0.25) is 0 Å². The Hall–Kier alpha value is -2.37. The van der Waals surface area contributed by atoms with Crippen LogP contribution in [0, 0.1) is 13.8 Å². The summed E-state index contributed by atoms with van der Waals surface area (Å²) in [5, 5.41) is 8.58. The van der Waals surface area contributed by atoms with Crippen molar-refractivity contribution in [1.29, 1.82) is 0 Å². The van der Waals surface area contributed by atoms with Gasteiger partial charge in [0.1, 0.15) is 0 Å². The first kappa shape index (κ1) is 18.4. The molecular formula is C20H23ClN4O. The van der Waals surface area contributed by atoms with E-state index >= 15 is 0 Å². The van der Waals surface area contributed by atoms with Crippen LogP contribution in [0.2, 0.25) is 5.02 Å². The number of aromatic nitrogens is 3. The fraction of sp³-hybridized carbons (Fsp3) is 0.300. The Bertz CT molecular complexity index is 943. The van der Waals surface area contributed by atoms with Crippen LogP contribution in [0.25, 0.3) is 11.1 Å². The molecule has 0 radical (unpaired) electrons. The number of nitrogens with zero attached hydrogens (tertiary/aromatic N) is 2. The number of hydrogen-bond acceptors (Lipinski definition) is 3. The predicted molar refractivity (Wildman–Crippen MR) is 106 cm³/mol. The summed E-state index contributed by atoms with van der Waals surface area (Å²) in [6, 6.07) is 11.7. The maximum Gasteiger partial charge on any atom is 0.252 e. The lowest BCUT2D eigenvalue weighted by molar-refractivity contribution is 0.443. The second-order valence-electron chi connectivity index (χ2n) is 6.64. The van der Waals surface area contributed by atoms with Crippen LogP contribution in [0.5, 0.6) is 0 Å². The normalized spacial score (nSPS) is 12.3. The number of nitrogens with one attached hydrogen (secondary N) is 2.